The number of nitrogens with zero attached hydrogens (tertiary/aromatic N) is 1. The summed E-state index contributed by atoms with van der Waals surface area (Å²) in [4.78, 5) is 0.479. The van der Waals surface area contributed by atoms with E-state index >= 15 is 0 Å². The average Bonchev–Trinajstić information content (AvgIpc) is 2.16. The maximum absolute atomic E-state index is 12.2. The van der Waals surface area contributed by atoms with Crippen molar-refractivity contribution in [1.82, 2.24) is 4.31 Å². The molecule has 0 spiro atoms. The van der Waals surface area contributed by atoms with Gasteiger partial charge in [0.2, 0.25) is 10.0 Å². The fourth-order valence-corrected chi connectivity index (χ4v) is 3.96. The minimum absolute atomic E-state index is 0.479. The number of hydrogen-bond donors (Lipinski definition) is 0. The Kier molecular flexibility index (Phi) is 4.46. The molecule has 5 heteroatoms. The Balaban J connectivity index is 2.68. The first kappa shape index (κ1) is 14.5. The van der Waals surface area contributed by atoms with Gasteiger partial charge in [-0.25, -0.2) is 12.7 Å². The van der Waals surface area contributed by atoms with Crippen LogP contribution in [0.4, 0.5) is 0 Å². The highest BCUT2D eigenvalue weighted by Crippen LogP contribution is 2.29. The monoisotopic (exact) mass is 311 g/mol. The largest absolute Gasteiger partial charge is 0.219 e. The summed E-state index contributed by atoms with van der Waals surface area (Å²) in [5.74, 6) is 0.603. The van der Waals surface area contributed by atoms with Crippen LogP contribution in [0, 0.1) is 5.92 Å². The molecule has 1 saturated heterocycles. The van der Waals surface area contributed by atoms with Gasteiger partial charge in [-0.1, -0.05) is 22.9 Å². The van der Waals surface area contributed by atoms with Crippen molar-refractivity contribution in [1.29, 1.82) is 0 Å². The number of alkyl halides is 1. The van der Waals surface area contributed by atoms with Gasteiger partial charge in [0.1, 0.15) is 0 Å². The Labute approximate surface area is 108 Å². The summed E-state index contributed by atoms with van der Waals surface area (Å²) in [5, 5.41) is 0. The summed E-state index contributed by atoms with van der Waals surface area (Å²) in [5.41, 5.74) is 0. The molecule has 1 heterocycles. The number of halogens is 1. The highest BCUT2D eigenvalue weighted by Gasteiger charge is 2.37. The molecule has 1 unspecified atom stereocenters. The summed E-state index contributed by atoms with van der Waals surface area (Å²) >= 11 is 3.58. The van der Waals surface area contributed by atoms with E-state index in [9.17, 15) is 8.42 Å². The van der Waals surface area contributed by atoms with Crippen molar-refractivity contribution in [3.8, 4) is 0 Å². The molecule has 1 atom stereocenters. The Morgan fingerprint density at radius 2 is 1.69 bits per heavy atom. The normalized spacial score (nSPS) is 23.3. The first-order chi connectivity index (χ1) is 7.16. The zero-order valence-electron chi connectivity index (χ0n) is 10.5. The molecule has 1 aliphatic heterocycles. The lowest BCUT2D eigenvalue weighted by molar-refractivity contribution is 0.270. The van der Waals surface area contributed by atoms with Crippen LogP contribution in [-0.2, 0) is 10.0 Å². The van der Waals surface area contributed by atoms with E-state index in [1.807, 2.05) is 0 Å². The predicted molar refractivity (Wildman–Crippen MR) is 71.4 cm³/mol. The summed E-state index contributed by atoms with van der Waals surface area (Å²) in [6, 6.07) is 0. The van der Waals surface area contributed by atoms with Gasteiger partial charge >= 0.3 is 0 Å². The van der Waals surface area contributed by atoms with Gasteiger partial charge in [0.05, 0.1) is 4.75 Å². The van der Waals surface area contributed by atoms with Crippen molar-refractivity contribution >= 4 is 26.0 Å². The molecule has 1 aliphatic rings. The molecule has 0 saturated carbocycles. The third-order valence-electron chi connectivity index (χ3n) is 3.26. The second kappa shape index (κ2) is 4.94. The highest BCUT2D eigenvalue weighted by atomic mass is 79.9. The Hall–Kier alpha value is 0.390. The smallest absolute Gasteiger partial charge is 0.212 e. The van der Waals surface area contributed by atoms with Crippen LogP contribution in [0.25, 0.3) is 0 Å². The number of sulfonamides is 1. The van der Waals surface area contributed by atoms with Crippen LogP contribution in [0.5, 0.6) is 0 Å². The predicted octanol–water partition coefficient (Wildman–Crippen LogP) is 2.61. The molecule has 0 aliphatic carbocycles. The quantitative estimate of drug-likeness (QED) is 0.735. The maximum Gasteiger partial charge on any atom is 0.219 e. The molecule has 0 N–H and O–H groups in total. The van der Waals surface area contributed by atoms with E-state index in [2.05, 4.69) is 22.9 Å². The number of rotatable bonds is 2. The minimum Gasteiger partial charge on any atom is -0.212 e. The summed E-state index contributed by atoms with van der Waals surface area (Å²) in [7, 11) is -3.13. The summed E-state index contributed by atoms with van der Waals surface area (Å²) < 4.78 is 25.4. The third kappa shape index (κ3) is 2.99. The van der Waals surface area contributed by atoms with Crippen LogP contribution < -0.4 is 0 Å². The molecule has 96 valence electrons. The van der Waals surface area contributed by atoms with E-state index in [0.717, 1.165) is 12.8 Å². The maximum atomic E-state index is 12.2. The molecule has 0 aromatic rings. The molecule has 3 nitrogen and oxygen atoms in total. The number of piperidine rings is 1. The molecular weight excluding hydrogens is 290 g/mol. The van der Waals surface area contributed by atoms with Crippen LogP contribution >= 0.6 is 15.9 Å². The van der Waals surface area contributed by atoms with Crippen LogP contribution in [0.1, 0.15) is 40.5 Å². The van der Waals surface area contributed by atoms with Crippen molar-refractivity contribution in [2.24, 2.45) is 5.92 Å². The van der Waals surface area contributed by atoms with E-state index in [1.165, 1.54) is 0 Å². The zero-order chi connectivity index (χ0) is 12.6. The Bertz CT molecular complexity index is 324. The minimum atomic E-state index is -3.13. The summed E-state index contributed by atoms with van der Waals surface area (Å²) in [6.45, 7) is 8.77. The van der Waals surface area contributed by atoms with Gasteiger partial charge in [0, 0.05) is 17.9 Å². The lowest BCUT2D eigenvalue weighted by Gasteiger charge is -2.36. The van der Waals surface area contributed by atoms with Gasteiger partial charge in [-0.05, 0) is 39.5 Å². The van der Waals surface area contributed by atoms with E-state index in [0.29, 0.717) is 23.8 Å². The molecule has 0 bridgehead atoms. The fourth-order valence-electron chi connectivity index (χ4n) is 1.96. The first-order valence-corrected chi connectivity index (χ1v) is 8.15. The molecule has 16 heavy (non-hydrogen) atoms. The third-order valence-corrected chi connectivity index (χ3v) is 6.60. The molecule has 0 aromatic heterocycles. The SMILES string of the molecule is CC(Br)C1CCN(S(=O)(=O)C(C)(C)C)CC1. The lowest BCUT2D eigenvalue weighted by atomic mass is 9.96. The molecule has 1 fully saturated rings. The zero-order valence-corrected chi connectivity index (χ0v) is 12.9. The van der Waals surface area contributed by atoms with E-state index < -0.39 is 14.8 Å². The van der Waals surface area contributed by atoms with Crippen molar-refractivity contribution < 1.29 is 8.42 Å². The molecular formula is C11H22BrNO2S. The van der Waals surface area contributed by atoms with Crippen molar-refractivity contribution in [3.05, 3.63) is 0 Å². The van der Waals surface area contributed by atoms with Crippen LogP contribution in [-0.4, -0.2) is 35.4 Å². The number of hydrogen-bond acceptors (Lipinski definition) is 2. The average molecular weight is 312 g/mol. The second-order valence-electron chi connectivity index (χ2n) is 5.53. The molecule has 1 rings (SSSR count). The van der Waals surface area contributed by atoms with Crippen LogP contribution in [0.3, 0.4) is 0 Å². The molecule has 0 amide bonds. The van der Waals surface area contributed by atoms with Crippen LogP contribution in [0.2, 0.25) is 0 Å². The fraction of sp³-hybridized carbons (Fsp3) is 1.00. The Morgan fingerprint density at radius 1 is 1.25 bits per heavy atom. The molecule has 0 aromatic carbocycles. The summed E-state index contributed by atoms with van der Waals surface area (Å²) in [6.07, 6.45) is 1.92. The lowest BCUT2D eigenvalue weighted by Crippen LogP contribution is -2.47. The van der Waals surface area contributed by atoms with Gasteiger partial charge in [0.15, 0.2) is 0 Å². The van der Waals surface area contributed by atoms with Crippen molar-refractivity contribution in [3.63, 3.8) is 0 Å². The standard InChI is InChI=1S/C11H22BrNO2S/c1-9(12)10-5-7-13(8-6-10)16(14,15)11(2,3)4/h9-10H,5-8H2,1-4H3. The van der Waals surface area contributed by atoms with E-state index in [-0.39, 0.29) is 0 Å². The molecule has 0 radical (unpaired) electrons. The Morgan fingerprint density at radius 3 is 2.00 bits per heavy atom. The van der Waals surface area contributed by atoms with E-state index in [1.54, 1.807) is 25.1 Å². The van der Waals surface area contributed by atoms with Gasteiger partial charge in [-0.2, -0.15) is 0 Å². The van der Waals surface area contributed by atoms with Gasteiger partial charge in [0.25, 0.3) is 0 Å². The van der Waals surface area contributed by atoms with Gasteiger partial charge < -0.3 is 0 Å². The second-order valence-corrected chi connectivity index (χ2v) is 9.67. The van der Waals surface area contributed by atoms with Gasteiger partial charge in [-0.15, -0.1) is 0 Å². The van der Waals surface area contributed by atoms with Crippen molar-refractivity contribution in [2.45, 2.75) is 50.1 Å². The first-order valence-electron chi connectivity index (χ1n) is 5.80. The van der Waals surface area contributed by atoms with Crippen molar-refractivity contribution in [2.75, 3.05) is 13.1 Å². The van der Waals surface area contributed by atoms with Crippen LogP contribution in [0.15, 0.2) is 0 Å². The van der Waals surface area contributed by atoms with Gasteiger partial charge in [-0.3, -0.25) is 0 Å². The van der Waals surface area contributed by atoms with E-state index in [4.69, 9.17) is 0 Å². The topological polar surface area (TPSA) is 37.4 Å². The highest BCUT2D eigenvalue weighted by molar-refractivity contribution is 9.09.